The van der Waals surface area contributed by atoms with Crippen LogP contribution in [0.1, 0.15) is 22.8 Å². The highest BCUT2D eigenvalue weighted by Crippen LogP contribution is 2.25. The van der Waals surface area contributed by atoms with Crippen molar-refractivity contribution in [3.05, 3.63) is 64.3 Å². The van der Waals surface area contributed by atoms with Gasteiger partial charge in [0.25, 0.3) is 5.91 Å². The molecule has 27 heavy (non-hydrogen) atoms. The third-order valence-electron chi connectivity index (χ3n) is 3.70. The van der Waals surface area contributed by atoms with Crippen molar-refractivity contribution in [3.8, 4) is 11.3 Å². The first kappa shape index (κ1) is 19.0. The van der Waals surface area contributed by atoms with Gasteiger partial charge in [-0.25, -0.2) is 14.8 Å². The predicted molar refractivity (Wildman–Crippen MR) is 105 cm³/mol. The van der Waals surface area contributed by atoms with Gasteiger partial charge in [-0.3, -0.25) is 10.1 Å². The summed E-state index contributed by atoms with van der Waals surface area (Å²) in [6.45, 7) is 3.50. The average molecular weight is 402 g/mol. The molecule has 1 aromatic carbocycles. The Kier molecular flexibility index (Phi) is 5.83. The van der Waals surface area contributed by atoms with Crippen LogP contribution in [-0.4, -0.2) is 27.9 Å². The number of carbonyl (C=O) groups excluding carboxylic acids is 2. The Hall–Kier alpha value is -2.77. The number of pyridine rings is 1. The number of aromatic nitrogens is 2. The maximum atomic E-state index is 12.3. The molecule has 0 bridgehead atoms. The monoisotopic (exact) mass is 401 g/mol. The van der Waals surface area contributed by atoms with Crippen LogP contribution in [0.15, 0.2) is 48.0 Å². The average Bonchev–Trinajstić information content (AvgIpc) is 3.10. The molecule has 1 atom stereocenters. The molecular weight excluding hydrogens is 386 g/mol. The number of thiazole rings is 1. The third-order valence-corrected chi connectivity index (χ3v) is 4.66. The smallest absolute Gasteiger partial charge is 0.339 e. The minimum absolute atomic E-state index is 0.174. The predicted octanol–water partition coefficient (Wildman–Crippen LogP) is 4.35. The summed E-state index contributed by atoms with van der Waals surface area (Å²) in [5.41, 5.74) is 3.12. The first-order valence-corrected chi connectivity index (χ1v) is 9.34. The number of aryl methyl sites for hydroxylation is 1. The van der Waals surface area contributed by atoms with Crippen molar-refractivity contribution in [1.29, 1.82) is 0 Å². The summed E-state index contributed by atoms with van der Waals surface area (Å²) < 4.78 is 5.17. The Bertz CT molecular complexity index is 972. The van der Waals surface area contributed by atoms with Crippen molar-refractivity contribution in [2.45, 2.75) is 20.0 Å². The number of hydrogen-bond donors (Lipinski definition) is 1. The second-order valence-corrected chi connectivity index (χ2v) is 7.05. The molecule has 1 unspecified atom stereocenters. The molecule has 2 heterocycles. The number of halogens is 1. The van der Waals surface area contributed by atoms with E-state index >= 15 is 0 Å². The minimum Gasteiger partial charge on any atom is -0.449 e. The van der Waals surface area contributed by atoms with Gasteiger partial charge < -0.3 is 4.74 Å². The lowest BCUT2D eigenvalue weighted by molar-refractivity contribution is -0.123. The number of rotatable bonds is 5. The lowest BCUT2D eigenvalue weighted by atomic mass is 10.1. The molecule has 1 amide bonds. The first-order chi connectivity index (χ1) is 12.9. The second kappa shape index (κ2) is 8.28. The maximum absolute atomic E-state index is 12.3. The summed E-state index contributed by atoms with van der Waals surface area (Å²) in [5.74, 6) is -1.12. The normalized spacial score (nSPS) is 11.7. The standard InChI is InChI=1S/C19H16ClN3O3S/c1-11-3-5-13(6-4-11)15-10-27-19(22-15)23-17(24)12(2)26-18(25)14-7-8-21-16(20)9-14/h3-10,12H,1-2H3,(H,22,23,24). The lowest BCUT2D eigenvalue weighted by Gasteiger charge is -2.12. The molecule has 0 spiro atoms. The van der Waals surface area contributed by atoms with E-state index in [9.17, 15) is 9.59 Å². The van der Waals surface area contributed by atoms with Gasteiger partial charge in [0.1, 0.15) is 5.15 Å². The molecule has 0 saturated heterocycles. The summed E-state index contributed by atoms with van der Waals surface area (Å²) in [4.78, 5) is 32.6. The van der Waals surface area contributed by atoms with Gasteiger partial charge in [-0.1, -0.05) is 41.4 Å². The van der Waals surface area contributed by atoms with Gasteiger partial charge in [0, 0.05) is 17.1 Å². The van der Waals surface area contributed by atoms with Crippen LogP contribution in [0.3, 0.4) is 0 Å². The fourth-order valence-electron chi connectivity index (χ4n) is 2.21. The van der Waals surface area contributed by atoms with Crippen LogP contribution in [0, 0.1) is 6.92 Å². The fourth-order valence-corrected chi connectivity index (χ4v) is 3.10. The highest BCUT2D eigenvalue weighted by molar-refractivity contribution is 7.14. The molecule has 0 aliphatic rings. The van der Waals surface area contributed by atoms with E-state index in [0.29, 0.717) is 5.13 Å². The Balaban J connectivity index is 1.61. The van der Waals surface area contributed by atoms with Gasteiger partial charge in [-0.2, -0.15) is 0 Å². The van der Waals surface area contributed by atoms with Crippen molar-refractivity contribution >= 4 is 39.9 Å². The SMILES string of the molecule is Cc1ccc(-c2csc(NC(=O)C(C)OC(=O)c3ccnc(Cl)c3)n2)cc1. The van der Waals surface area contributed by atoms with E-state index in [1.165, 1.54) is 36.6 Å². The molecule has 138 valence electrons. The molecular formula is C19H16ClN3O3S. The topological polar surface area (TPSA) is 81.2 Å². The zero-order chi connectivity index (χ0) is 19.4. The number of benzene rings is 1. The van der Waals surface area contributed by atoms with Gasteiger partial charge in [0.05, 0.1) is 11.3 Å². The maximum Gasteiger partial charge on any atom is 0.339 e. The molecule has 0 radical (unpaired) electrons. The van der Waals surface area contributed by atoms with Crippen molar-refractivity contribution in [2.24, 2.45) is 0 Å². The second-order valence-electron chi connectivity index (χ2n) is 5.81. The van der Waals surface area contributed by atoms with Gasteiger partial charge in [-0.05, 0) is 26.0 Å². The number of anilines is 1. The quantitative estimate of drug-likeness (QED) is 0.507. The minimum atomic E-state index is -0.990. The number of carbonyl (C=O) groups is 2. The van der Waals surface area contributed by atoms with E-state index in [1.807, 2.05) is 36.6 Å². The number of nitrogens with one attached hydrogen (secondary N) is 1. The van der Waals surface area contributed by atoms with Crippen molar-refractivity contribution in [1.82, 2.24) is 9.97 Å². The molecule has 0 aliphatic carbocycles. The van der Waals surface area contributed by atoms with Crippen LogP contribution < -0.4 is 5.32 Å². The number of hydrogen-bond acceptors (Lipinski definition) is 6. The van der Waals surface area contributed by atoms with Crippen LogP contribution in [-0.2, 0) is 9.53 Å². The van der Waals surface area contributed by atoms with Gasteiger partial charge in [0.2, 0.25) is 0 Å². The fraction of sp³-hybridized carbons (Fsp3) is 0.158. The van der Waals surface area contributed by atoms with E-state index in [1.54, 1.807) is 0 Å². The number of esters is 1. The zero-order valence-electron chi connectivity index (χ0n) is 14.6. The number of nitrogens with zero attached hydrogens (tertiary/aromatic N) is 2. The molecule has 8 heteroatoms. The molecule has 6 nitrogen and oxygen atoms in total. The highest BCUT2D eigenvalue weighted by Gasteiger charge is 2.20. The van der Waals surface area contributed by atoms with Crippen molar-refractivity contribution in [3.63, 3.8) is 0 Å². The Morgan fingerprint density at radius 1 is 1.22 bits per heavy atom. The van der Waals surface area contributed by atoms with E-state index in [0.717, 1.165) is 16.8 Å². The molecule has 0 fully saturated rings. The van der Waals surface area contributed by atoms with Crippen LogP contribution in [0.2, 0.25) is 5.15 Å². The van der Waals surface area contributed by atoms with Gasteiger partial charge in [-0.15, -0.1) is 11.3 Å². The molecule has 0 saturated carbocycles. The summed E-state index contributed by atoms with van der Waals surface area (Å²) in [6, 6.07) is 10.8. The highest BCUT2D eigenvalue weighted by atomic mass is 35.5. The zero-order valence-corrected chi connectivity index (χ0v) is 16.2. The molecule has 0 aliphatic heterocycles. The van der Waals surface area contributed by atoms with Crippen LogP contribution >= 0.6 is 22.9 Å². The molecule has 3 rings (SSSR count). The Labute approximate surface area is 165 Å². The summed E-state index contributed by atoms with van der Waals surface area (Å²) in [7, 11) is 0. The molecule has 2 aromatic heterocycles. The van der Waals surface area contributed by atoms with Gasteiger partial charge >= 0.3 is 5.97 Å². The third kappa shape index (κ3) is 4.90. The van der Waals surface area contributed by atoms with Crippen molar-refractivity contribution in [2.75, 3.05) is 5.32 Å². The van der Waals surface area contributed by atoms with Gasteiger partial charge in [0.15, 0.2) is 11.2 Å². The first-order valence-electron chi connectivity index (χ1n) is 8.08. The lowest BCUT2D eigenvalue weighted by Crippen LogP contribution is -2.30. The van der Waals surface area contributed by atoms with Crippen molar-refractivity contribution < 1.29 is 14.3 Å². The summed E-state index contributed by atoms with van der Waals surface area (Å²) in [5, 5.41) is 5.13. The Morgan fingerprint density at radius 3 is 2.67 bits per heavy atom. The van der Waals surface area contributed by atoms with E-state index in [-0.39, 0.29) is 10.7 Å². The Morgan fingerprint density at radius 2 is 1.96 bits per heavy atom. The largest absolute Gasteiger partial charge is 0.449 e. The van der Waals surface area contributed by atoms with E-state index < -0.39 is 18.0 Å². The number of amides is 1. The molecule has 3 aromatic rings. The van der Waals surface area contributed by atoms with E-state index in [4.69, 9.17) is 16.3 Å². The summed E-state index contributed by atoms with van der Waals surface area (Å²) in [6.07, 6.45) is 0.405. The number of ether oxygens (including phenoxy) is 1. The van der Waals surface area contributed by atoms with Crippen LogP contribution in [0.5, 0.6) is 0 Å². The summed E-state index contributed by atoms with van der Waals surface area (Å²) >= 11 is 7.05. The van der Waals surface area contributed by atoms with Crippen LogP contribution in [0.25, 0.3) is 11.3 Å². The van der Waals surface area contributed by atoms with Crippen LogP contribution in [0.4, 0.5) is 5.13 Å². The molecule has 1 N–H and O–H groups in total. The van der Waals surface area contributed by atoms with E-state index in [2.05, 4.69) is 15.3 Å².